The summed E-state index contributed by atoms with van der Waals surface area (Å²) in [5.41, 5.74) is 0. The summed E-state index contributed by atoms with van der Waals surface area (Å²) < 4.78 is 10.1. The third kappa shape index (κ3) is 5.48. The second-order valence-corrected chi connectivity index (χ2v) is 4.43. The summed E-state index contributed by atoms with van der Waals surface area (Å²) in [5.74, 6) is 0.808. The molecule has 0 unspecified atom stereocenters. The maximum atomic E-state index is 11.8. The Kier molecular flexibility index (Phi) is 7.16. The summed E-state index contributed by atoms with van der Waals surface area (Å²) in [4.78, 5) is 13.7. The van der Waals surface area contributed by atoms with Gasteiger partial charge in [0.25, 0.3) is 0 Å². The first kappa shape index (κ1) is 14.4. The first-order chi connectivity index (χ1) is 8.27. The molecule has 0 aliphatic carbocycles. The lowest BCUT2D eigenvalue weighted by molar-refractivity contribution is -0.137. The number of hydrogen-bond acceptors (Lipinski definition) is 4. The molecule has 0 atom stereocenters. The Labute approximate surface area is 103 Å². The molecule has 1 fully saturated rings. The highest BCUT2D eigenvalue weighted by Gasteiger charge is 2.21. The molecule has 0 bridgehead atoms. The number of carbonyl (C=O) groups is 1. The third-order valence-corrected chi connectivity index (χ3v) is 3.12. The van der Waals surface area contributed by atoms with Crippen LogP contribution in [0.25, 0.3) is 0 Å². The molecular weight excluding hydrogens is 220 g/mol. The van der Waals surface area contributed by atoms with Gasteiger partial charge in [-0.25, -0.2) is 0 Å². The predicted molar refractivity (Wildman–Crippen MR) is 65.9 cm³/mol. The quantitative estimate of drug-likeness (QED) is 0.646. The van der Waals surface area contributed by atoms with Crippen molar-refractivity contribution in [2.45, 2.75) is 12.8 Å². The Morgan fingerprint density at radius 1 is 1.35 bits per heavy atom. The average molecular weight is 244 g/mol. The molecule has 1 rings (SSSR count). The van der Waals surface area contributed by atoms with Crippen molar-refractivity contribution in [3.63, 3.8) is 0 Å². The first-order valence-electron chi connectivity index (χ1n) is 6.27. The highest BCUT2D eigenvalue weighted by Crippen LogP contribution is 2.16. The molecule has 1 amide bonds. The van der Waals surface area contributed by atoms with Gasteiger partial charge in [0.05, 0.1) is 13.2 Å². The van der Waals surface area contributed by atoms with Gasteiger partial charge in [0.1, 0.15) is 6.61 Å². The molecule has 0 radical (unpaired) electrons. The second-order valence-electron chi connectivity index (χ2n) is 4.43. The molecule has 17 heavy (non-hydrogen) atoms. The van der Waals surface area contributed by atoms with Gasteiger partial charge >= 0.3 is 0 Å². The van der Waals surface area contributed by atoms with Crippen LogP contribution in [-0.2, 0) is 14.3 Å². The molecule has 1 heterocycles. The van der Waals surface area contributed by atoms with Gasteiger partial charge in [0, 0.05) is 20.2 Å². The number of nitrogens with one attached hydrogen (secondary N) is 1. The van der Waals surface area contributed by atoms with E-state index in [4.69, 9.17) is 9.47 Å². The molecular formula is C12H24N2O3. The van der Waals surface area contributed by atoms with Crippen LogP contribution in [0.15, 0.2) is 0 Å². The van der Waals surface area contributed by atoms with E-state index in [9.17, 15) is 4.79 Å². The van der Waals surface area contributed by atoms with E-state index in [0.29, 0.717) is 19.1 Å². The van der Waals surface area contributed by atoms with E-state index in [-0.39, 0.29) is 12.5 Å². The van der Waals surface area contributed by atoms with E-state index < -0.39 is 0 Å². The van der Waals surface area contributed by atoms with E-state index in [2.05, 4.69) is 5.32 Å². The fourth-order valence-corrected chi connectivity index (χ4v) is 2.07. The molecule has 0 aromatic carbocycles. The van der Waals surface area contributed by atoms with E-state index in [0.717, 1.165) is 32.5 Å². The van der Waals surface area contributed by atoms with Gasteiger partial charge in [-0.1, -0.05) is 0 Å². The molecule has 1 saturated heterocycles. The zero-order chi connectivity index (χ0) is 12.5. The smallest absolute Gasteiger partial charge is 0.248 e. The minimum absolute atomic E-state index is 0.101. The number of methoxy groups -OCH3 is 1. The molecule has 1 aliphatic rings. The number of hydrogen-bond donors (Lipinski definition) is 1. The monoisotopic (exact) mass is 244 g/mol. The third-order valence-electron chi connectivity index (χ3n) is 3.12. The fourth-order valence-electron chi connectivity index (χ4n) is 2.07. The van der Waals surface area contributed by atoms with Crippen LogP contribution in [0.2, 0.25) is 0 Å². The van der Waals surface area contributed by atoms with Crippen LogP contribution < -0.4 is 5.32 Å². The van der Waals surface area contributed by atoms with Crippen molar-refractivity contribution in [3.8, 4) is 0 Å². The molecule has 0 aromatic heterocycles. The van der Waals surface area contributed by atoms with Crippen LogP contribution in [-0.4, -0.2) is 64.4 Å². The number of nitrogens with zero attached hydrogens (tertiary/aromatic N) is 1. The van der Waals surface area contributed by atoms with Gasteiger partial charge in [-0.2, -0.15) is 0 Å². The zero-order valence-corrected chi connectivity index (χ0v) is 10.9. The Morgan fingerprint density at radius 2 is 2.06 bits per heavy atom. The molecule has 1 N–H and O–H groups in total. The Hall–Kier alpha value is -0.650. The van der Waals surface area contributed by atoms with Crippen LogP contribution in [0.3, 0.4) is 0 Å². The van der Waals surface area contributed by atoms with E-state index >= 15 is 0 Å². The van der Waals surface area contributed by atoms with Gasteiger partial charge in [-0.05, 0) is 32.4 Å². The molecule has 100 valence electrons. The van der Waals surface area contributed by atoms with Gasteiger partial charge < -0.3 is 19.7 Å². The molecule has 1 aliphatic heterocycles. The lowest BCUT2D eigenvalue weighted by Gasteiger charge is -2.31. The largest absolute Gasteiger partial charge is 0.382 e. The number of ether oxygens (including phenoxy) is 2. The van der Waals surface area contributed by atoms with Gasteiger partial charge in [-0.3, -0.25) is 4.79 Å². The Morgan fingerprint density at radius 3 is 2.65 bits per heavy atom. The van der Waals surface area contributed by atoms with Gasteiger partial charge in [0.15, 0.2) is 0 Å². The van der Waals surface area contributed by atoms with Gasteiger partial charge in [-0.15, -0.1) is 0 Å². The van der Waals surface area contributed by atoms with Crippen LogP contribution in [0, 0.1) is 5.92 Å². The molecule has 5 heteroatoms. The fraction of sp³-hybridized carbons (Fsp3) is 0.917. The van der Waals surface area contributed by atoms with Crippen LogP contribution in [0.1, 0.15) is 12.8 Å². The first-order valence-corrected chi connectivity index (χ1v) is 6.27. The maximum Gasteiger partial charge on any atom is 0.248 e. The van der Waals surface area contributed by atoms with Crippen molar-refractivity contribution in [1.82, 2.24) is 10.2 Å². The Bertz CT molecular complexity index is 216. The number of rotatable bonds is 7. The van der Waals surface area contributed by atoms with Crippen molar-refractivity contribution < 1.29 is 14.3 Å². The summed E-state index contributed by atoms with van der Waals surface area (Å²) in [6, 6.07) is 0. The summed E-state index contributed by atoms with van der Waals surface area (Å²) >= 11 is 0. The molecule has 0 saturated carbocycles. The highest BCUT2D eigenvalue weighted by atomic mass is 16.5. The molecule has 5 nitrogen and oxygen atoms in total. The summed E-state index contributed by atoms with van der Waals surface area (Å²) in [7, 11) is 3.60. The zero-order valence-electron chi connectivity index (χ0n) is 10.9. The second kappa shape index (κ2) is 8.44. The summed E-state index contributed by atoms with van der Waals surface area (Å²) in [6.07, 6.45) is 2.18. The Balaban J connectivity index is 2.12. The van der Waals surface area contributed by atoms with Crippen molar-refractivity contribution in [2.75, 3.05) is 53.6 Å². The van der Waals surface area contributed by atoms with Crippen LogP contribution >= 0.6 is 0 Å². The lowest BCUT2D eigenvalue weighted by Crippen LogP contribution is -2.42. The predicted octanol–water partition coefficient (Wildman–Crippen LogP) is 0.107. The topological polar surface area (TPSA) is 50.8 Å². The molecule has 0 spiro atoms. The van der Waals surface area contributed by atoms with E-state index in [1.807, 2.05) is 11.9 Å². The van der Waals surface area contributed by atoms with E-state index in [1.165, 1.54) is 0 Å². The molecule has 0 aromatic rings. The van der Waals surface area contributed by atoms with Gasteiger partial charge in [0.2, 0.25) is 5.91 Å². The lowest BCUT2D eigenvalue weighted by atomic mass is 9.97. The van der Waals surface area contributed by atoms with Crippen molar-refractivity contribution in [1.29, 1.82) is 0 Å². The summed E-state index contributed by atoms with van der Waals surface area (Å²) in [5, 5.41) is 3.19. The minimum atomic E-state index is 0.101. The van der Waals surface area contributed by atoms with E-state index in [1.54, 1.807) is 7.11 Å². The number of piperidine rings is 1. The normalized spacial score (nSPS) is 17.4. The highest BCUT2D eigenvalue weighted by molar-refractivity contribution is 5.77. The average Bonchev–Trinajstić information content (AvgIpc) is 2.36. The van der Waals surface area contributed by atoms with Crippen molar-refractivity contribution in [2.24, 2.45) is 5.92 Å². The van der Waals surface area contributed by atoms with Crippen molar-refractivity contribution >= 4 is 5.91 Å². The van der Waals surface area contributed by atoms with Crippen molar-refractivity contribution in [3.05, 3.63) is 0 Å². The van der Waals surface area contributed by atoms with Crippen LogP contribution in [0.5, 0.6) is 0 Å². The SMILES string of the molecule is CNCC1CCN(C(=O)COCCOC)CC1. The maximum absolute atomic E-state index is 11.8. The number of likely N-dealkylation sites (tertiary alicyclic amines) is 1. The van der Waals surface area contributed by atoms with Crippen LogP contribution in [0.4, 0.5) is 0 Å². The standard InChI is InChI=1S/C12H24N2O3/c1-13-9-11-3-5-14(6-4-11)12(15)10-17-8-7-16-2/h11,13H,3-10H2,1-2H3. The minimum Gasteiger partial charge on any atom is -0.382 e. The number of amides is 1. The number of carbonyl (C=O) groups excluding carboxylic acids is 1. The summed E-state index contributed by atoms with van der Waals surface area (Å²) in [6.45, 7) is 3.97.